The molecule has 1 heterocycles. The number of carbonyl (C=O) groups excluding carboxylic acids is 1. The van der Waals surface area contributed by atoms with Crippen molar-refractivity contribution in [2.75, 3.05) is 5.32 Å². The van der Waals surface area contributed by atoms with Crippen LogP contribution in [0, 0.1) is 12.7 Å². The van der Waals surface area contributed by atoms with Crippen LogP contribution in [0.3, 0.4) is 0 Å². The molecular formula is C13H12FN3O3S. The van der Waals surface area contributed by atoms with Gasteiger partial charge in [-0.1, -0.05) is 6.07 Å². The molecule has 0 aliphatic heterocycles. The normalized spacial score (nSPS) is 11.2. The van der Waals surface area contributed by atoms with E-state index in [1.54, 1.807) is 0 Å². The number of aromatic nitrogens is 1. The zero-order valence-electron chi connectivity index (χ0n) is 11.0. The van der Waals surface area contributed by atoms with Gasteiger partial charge in [0.25, 0.3) is 5.91 Å². The third kappa shape index (κ3) is 3.23. The Morgan fingerprint density at radius 2 is 2.05 bits per heavy atom. The van der Waals surface area contributed by atoms with Crippen molar-refractivity contribution in [3.8, 4) is 0 Å². The van der Waals surface area contributed by atoms with Gasteiger partial charge in [-0.25, -0.2) is 17.9 Å². The smallest absolute Gasteiger partial charge is 0.258 e. The largest absolute Gasteiger partial charge is 0.322 e. The molecule has 1 amide bonds. The number of nitrogens with one attached hydrogen (secondary N) is 1. The number of hydrogen-bond acceptors (Lipinski definition) is 4. The fourth-order valence-corrected chi connectivity index (χ4v) is 2.61. The molecule has 0 bridgehead atoms. The summed E-state index contributed by atoms with van der Waals surface area (Å²) < 4.78 is 36.3. The van der Waals surface area contributed by atoms with Crippen molar-refractivity contribution >= 4 is 21.6 Å². The Hall–Kier alpha value is -2.32. The molecule has 3 N–H and O–H groups in total. The van der Waals surface area contributed by atoms with Gasteiger partial charge in [0.1, 0.15) is 0 Å². The maximum absolute atomic E-state index is 13.5. The van der Waals surface area contributed by atoms with Gasteiger partial charge in [-0.15, -0.1) is 0 Å². The molecule has 0 unspecified atom stereocenters. The average molecular weight is 309 g/mol. The maximum Gasteiger partial charge on any atom is 0.258 e. The van der Waals surface area contributed by atoms with E-state index in [9.17, 15) is 17.6 Å². The molecule has 0 aliphatic carbocycles. The second-order valence-corrected chi connectivity index (χ2v) is 5.81. The number of pyridine rings is 1. The number of benzene rings is 1. The lowest BCUT2D eigenvalue weighted by atomic mass is 10.2. The summed E-state index contributed by atoms with van der Waals surface area (Å²) in [6, 6.07) is 5.49. The van der Waals surface area contributed by atoms with Crippen molar-refractivity contribution in [3.63, 3.8) is 0 Å². The number of nitrogens with two attached hydrogens (primary N) is 1. The highest BCUT2D eigenvalue weighted by Gasteiger charge is 2.17. The summed E-state index contributed by atoms with van der Waals surface area (Å²) >= 11 is 0. The summed E-state index contributed by atoms with van der Waals surface area (Å²) in [7, 11) is -3.90. The van der Waals surface area contributed by atoms with Crippen molar-refractivity contribution in [1.29, 1.82) is 0 Å². The van der Waals surface area contributed by atoms with Gasteiger partial charge in [-0.2, -0.15) is 0 Å². The van der Waals surface area contributed by atoms with Crippen LogP contribution in [-0.2, 0) is 10.0 Å². The first-order valence-electron chi connectivity index (χ1n) is 5.84. The number of amides is 1. The molecule has 0 saturated heterocycles. The third-order valence-electron chi connectivity index (χ3n) is 2.86. The summed E-state index contributed by atoms with van der Waals surface area (Å²) in [5.41, 5.74) is 0.330. The predicted octanol–water partition coefficient (Wildman–Crippen LogP) is 1.43. The highest BCUT2D eigenvalue weighted by molar-refractivity contribution is 7.89. The molecule has 0 fully saturated rings. The predicted molar refractivity (Wildman–Crippen MR) is 74.7 cm³/mol. The van der Waals surface area contributed by atoms with Gasteiger partial charge in [0, 0.05) is 11.9 Å². The number of primary sulfonamides is 1. The number of anilines is 1. The lowest BCUT2D eigenvalue weighted by Gasteiger charge is -2.11. The van der Waals surface area contributed by atoms with E-state index in [4.69, 9.17) is 5.14 Å². The monoisotopic (exact) mass is 309 g/mol. The number of sulfonamides is 1. The number of nitrogens with zero attached hydrogens (tertiary/aromatic N) is 1. The van der Waals surface area contributed by atoms with Gasteiger partial charge in [-0.05, 0) is 30.7 Å². The van der Waals surface area contributed by atoms with Crippen LogP contribution in [-0.4, -0.2) is 19.3 Å². The van der Waals surface area contributed by atoms with Gasteiger partial charge in [0.15, 0.2) is 5.82 Å². The SMILES string of the molecule is Cc1c(NC(=O)c2ccncc2F)cccc1S(N)(=O)=O. The van der Waals surface area contributed by atoms with E-state index in [0.29, 0.717) is 0 Å². The van der Waals surface area contributed by atoms with Crippen LogP contribution in [0.15, 0.2) is 41.6 Å². The van der Waals surface area contributed by atoms with Crippen LogP contribution in [0.5, 0.6) is 0 Å². The number of rotatable bonds is 3. The zero-order chi connectivity index (χ0) is 15.6. The lowest BCUT2D eigenvalue weighted by Crippen LogP contribution is -2.17. The Kier molecular flexibility index (Phi) is 4.01. The lowest BCUT2D eigenvalue weighted by molar-refractivity contribution is 0.102. The summed E-state index contributed by atoms with van der Waals surface area (Å²) in [5.74, 6) is -1.47. The second kappa shape index (κ2) is 5.58. The van der Waals surface area contributed by atoms with Crippen LogP contribution in [0.4, 0.5) is 10.1 Å². The van der Waals surface area contributed by atoms with E-state index >= 15 is 0 Å². The molecule has 110 valence electrons. The molecule has 0 spiro atoms. The van der Waals surface area contributed by atoms with Crippen molar-refractivity contribution in [3.05, 3.63) is 53.6 Å². The summed E-state index contributed by atoms with van der Waals surface area (Å²) in [6.07, 6.45) is 2.20. The first kappa shape index (κ1) is 15.1. The van der Waals surface area contributed by atoms with E-state index in [1.165, 1.54) is 37.4 Å². The summed E-state index contributed by atoms with van der Waals surface area (Å²) in [4.78, 5) is 15.4. The van der Waals surface area contributed by atoms with Crippen LogP contribution in [0.25, 0.3) is 0 Å². The fourth-order valence-electron chi connectivity index (χ4n) is 1.81. The number of hydrogen-bond donors (Lipinski definition) is 2. The van der Waals surface area contributed by atoms with E-state index in [2.05, 4.69) is 10.3 Å². The Morgan fingerprint density at radius 1 is 1.33 bits per heavy atom. The van der Waals surface area contributed by atoms with Crippen molar-refractivity contribution in [2.45, 2.75) is 11.8 Å². The van der Waals surface area contributed by atoms with Crippen LogP contribution in [0.1, 0.15) is 15.9 Å². The standard InChI is InChI=1S/C13H12FN3O3S/c1-8-11(3-2-4-12(8)21(15,19)20)17-13(18)9-5-6-16-7-10(9)14/h2-7H,1H3,(H,17,18)(H2,15,19,20). The highest BCUT2D eigenvalue weighted by Crippen LogP contribution is 2.22. The summed E-state index contributed by atoms with van der Waals surface area (Å²) in [5, 5.41) is 7.54. The summed E-state index contributed by atoms with van der Waals surface area (Å²) in [6.45, 7) is 1.50. The van der Waals surface area contributed by atoms with Gasteiger partial charge in [0.05, 0.1) is 16.7 Å². The van der Waals surface area contributed by atoms with Crippen molar-refractivity contribution in [2.24, 2.45) is 5.14 Å². The zero-order valence-corrected chi connectivity index (χ0v) is 11.8. The second-order valence-electron chi connectivity index (χ2n) is 4.28. The maximum atomic E-state index is 13.5. The van der Waals surface area contributed by atoms with Gasteiger partial charge in [0.2, 0.25) is 10.0 Å². The van der Waals surface area contributed by atoms with E-state index in [1.807, 2.05) is 0 Å². The topological polar surface area (TPSA) is 102 Å². The Bertz CT molecular complexity index is 806. The van der Waals surface area contributed by atoms with E-state index in [0.717, 1.165) is 6.20 Å². The van der Waals surface area contributed by atoms with Crippen molar-refractivity contribution < 1.29 is 17.6 Å². The third-order valence-corrected chi connectivity index (χ3v) is 3.91. The minimum atomic E-state index is -3.90. The van der Waals surface area contributed by atoms with Crippen LogP contribution < -0.4 is 10.5 Å². The highest BCUT2D eigenvalue weighted by atomic mass is 32.2. The minimum absolute atomic E-state index is 0.101. The molecule has 0 radical (unpaired) electrons. The van der Waals surface area contributed by atoms with E-state index in [-0.39, 0.29) is 21.7 Å². The molecule has 0 atom stereocenters. The average Bonchev–Trinajstić information content (AvgIpc) is 2.40. The van der Waals surface area contributed by atoms with E-state index < -0.39 is 21.7 Å². The van der Waals surface area contributed by atoms with Crippen LogP contribution >= 0.6 is 0 Å². The number of carbonyl (C=O) groups is 1. The Balaban J connectivity index is 2.37. The molecule has 21 heavy (non-hydrogen) atoms. The molecular weight excluding hydrogens is 297 g/mol. The van der Waals surface area contributed by atoms with Crippen LogP contribution in [0.2, 0.25) is 0 Å². The molecule has 1 aromatic heterocycles. The fraction of sp³-hybridized carbons (Fsp3) is 0.0769. The Morgan fingerprint density at radius 3 is 2.67 bits per heavy atom. The molecule has 8 heteroatoms. The first-order valence-corrected chi connectivity index (χ1v) is 7.38. The minimum Gasteiger partial charge on any atom is -0.322 e. The molecule has 0 saturated carbocycles. The quantitative estimate of drug-likeness (QED) is 0.895. The molecule has 6 nitrogen and oxygen atoms in total. The number of halogens is 1. The molecule has 2 aromatic rings. The van der Waals surface area contributed by atoms with Gasteiger partial charge >= 0.3 is 0 Å². The Labute approximate surface area is 120 Å². The molecule has 0 aliphatic rings. The van der Waals surface area contributed by atoms with Gasteiger partial charge < -0.3 is 5.32 Å². The van der Waals surface area contributed by atoms with Crippen molar-refractivity contribution in [1.82, 2.24) is 4.98 Å². The van der Waals surface area contributed by atoms with Gasteiger partial charge in [-0.3, -0.25) is 9.78 Å². The molecule has 1 aromatic carbocycles. The first-order chi connectivity index (χ1) is 9.80. The molecule has 2 rings (SSSR count).